The Morgan fingerprint density at radius 3 is 2.44 bits per heavy atom. The fraction of sp³-hybridized carbons (Fsp3) is 0.222. The number of carbonyl (C=O) groups excluding carboxylic acids is 2. The summed E-state index contributed by atoms with van der Waals surface area (Å²) < 4.78 is 35.1. The molecule has 0 aliphatic heterocycles. The Bertz CT molecular complexity index is 779. The maximum Gasteiger partial charge on any atom is 0.341 e. The molecule has 0 N–H and O–H groups in total. The molecule has 0 aliphatic rings. The number of ether oxygens (including phenoxy) is 1. The average Bonchev–Trinajstić information content (AvgIpc) is 3.01. The summed E-state index contributed by atoms with van der Waals surface area (Å²) in [6.45, 7) is 3.08. The van der Waals surface area contributed by atoms with Crippen molar-refractivity contribution in [1.29, 1.82) is 0 Å². The number of carbonyl (C=O) groups is 2. The van der Waals surface area contributed by atoms with Crippen LogP contribution in [0.3, 0.4) is 0 Å². The molecular formula is C18H16F2O4S. The Hall–Kier alpha value is -2.41. The SMILES string of the molecule is CCOC(=O)/C(=C/c1ccc(-c2ccc(SC(F)F)cc2)o1)C(C)=O. The highest BCUT2D eigenvalue weighted by Crippen LogP contribution is 2.29. The summed E-state index contributed by atoms with van der Waals surface area (Å²) in [6, 6.07) is 9.75. The molecule has 4 nitrogen and oxygen atoms in total. The normalized spacial score (nSPS) is 11.6. The predicted octanol–water partition coefficient (Wildman–Crippen LogP) is 4.80. The lowest BCUT2D eigenvalue weighted by Crippen LogP contribution is -2.13. The van der Waals surface area contributed by atoms with Crippen LogP contribution in [-0.2, 0) is 14.3 Å². The smallest absolute Gasteiger partial charge is 0.341 e. The van der Waals surface area contributed by atoms with Gasteiger partial charge < -0.3 is 9.15 Å². The molecule has 0 fully saturated rings. The number of thioether (sulfide) groups is 1. The van der Waals surface area contributed by atoms with Crippen LogP contribution < -0.4 is 0 Å². The third kappa shape index (κ3) is 5.29. The second-order valence-electron chi connectivity index (χ2n) is 4.94. The molecule has 1 heterocycles. The van der Waals surface area contributed by atoms with Crippen molar-refractivity contribution in [3.05, 3.63) is 47.7 Å². The van der Waals surface area contributed by atoms with Crippen molar-refractivity contribution in [2.24, 2.45) is 0 Å². The molecule has 0 aliphatic carbocycles. The monoisotopic (exact) mass is 366 g/mol. The second kappa shape index (κ2) is 8.62. The van der Waals surface area contributed by atoms with E-state index in [2.05, 4.69) is 0 Å². The number of rotatable bonds is 7. The van der Waals surface area contributed by atoms with Gasteiger partial charge in [0.2, 0.25) is 0 Å². The van der Waals surface area contributed by atoms with E-state index in [9.17, 15) is 18.4 Å². The fourth-order valence-corrected chi connectivity index (χ4v) is 2.54. The molecule has 2 rings (SSSR count). The largest absolute Gasteiger partial charge is 0.462 e. The maximum absolute atomic E-state index is 12.3. The van der Waals surface area contributed by atoms with Crippen molar-refractivity contribution in [3.63, 3.8) is 0 Å². The van der Waals surface area contributed by atoms with E-state index in [0.717, 1.165) is 0 Å². The zero-order valence-corrected chi connectivity index (χ0v) is 14.4. The summed E-state index contributed by atoms with van der Waals surface area (Å²) in [5.74, 6) is -2.80. The quantitative estimate of drug-likeness (QED) is 0.232. The number of ketones is 1. The zero-order chi connectivity index (χ0) is 18.4. The van der Waals surface area contributed by atoms with Crippen LogP contribution in [0, 0.1) is 0 Å². The summed E-state index contributed by atoms with van der Waals surface area (Å²) in [5.41, 5.74) is 0.588. The summed E-state index contributed by atoms with van der Waals surface area (Å²) in [4.78, 5) is 23.8. The van der Waals surface area contributed by atoms with E-state index in [1.807, 2.05) is 0 Å². The Morgan fingerprint density at radius 1 is 1.20 bits per heavy atom. The first kappa shape index (κ1) is 18.9. The van der Waals surface area contributed by atoms with Crippen molar-refractivity contribution in [1.82, 2.24) is 0 Å². The molecule has 0 radical (unpaired) electrons. The van der Waals surface area contributed by atoms with Gasteiger partial charge in [0.15, 0.2) is 5.78 Å². The number of furan rings is 1. The predicted molar refractivity (Wildman–Crippen MR) is 91.3 cm³/mol. The Morgan fingerprint density at radius 2 is 1.88 bits per heavy atom. The van der Waals surface area contributed by atoms with Gasteiger partial charge in [0.05, 0.1) is 6.61 Å². The standard InChI is InChI=1S/C18H16F2O4S/c1-3-23-17(22)15(11(2)21)10-13-6-9-16(24-13)12-4-7-14(8-5-12)25-18(19)20/h4-10,18H,3H2,1-2H3/b15-10+. The molecule has 0 saturated carbocycles. The summed E-state index contributed by atoms with van der Waals surface area (Å²) in [7, 11) is 0. The van der Waals surface area contributed by atoms with Gasteiger partial charge in [-0.3, -0.25) is 4.79 Å². The number of hydrogen-bond donors (Lipinski definition) is 0. The van der Waals surface area contributed by atoms with E-state index >= 15 is 0 Å². The van der Waals surface area contributed by atoms with E-state index in [-0.39, 0.29) is 12.2 Å². The molecule has 1 aromatic heterocycles. The van der Waals surface area contributed by atoms with Gasteiger partial charge >= 0.3 is 5.97 Å². The molecule has 25 heavy (non-hydrogen) atoms. The van der Waals surface area contributed by atoms with Crippen molar-refractivity contribution in [2.45, 2.75) is 24.5 Å². The van der Waals surface area contributed by atoms with Crippen molar-refractivity contribution >= 4 is 29.6 Å². The first-order valence-electron chi connectivity index (χ1n) is 7.45. The summed E-state index contributed by atoms with van der Waals surface area (Å²) in [5, 5.41) is 0. The van der Waals surface area contributed by atoms with Gasteiger partial charge in [-0.15, -0.1) is 0 Å². The first-order chi connectivity index (χ1) is 11.9. The molecule has 132 valence electrons. The molecule has 2 aromatic rings. The van der Waals surface area contributed by atoms with Crippen LogP contribution in [0.4, 0.5) is 8.78 Å². The van der Waals surface area contributed by atoms with Crippen LogP contribution in [0.15, 0.2) is 51.3 Å². The van der Waals surface area contributed by atoms with Gasteiger partial charge in [0.25, 0.3) is 5.76 Å². The lowest BCUT2D eigenvalue weighted by molar-refractivity contribution is -0.139. The van der Waals surface area contributed by atoms with Gasteiger partial charge in [-0.2, -0.15) is 8.78 Å². The molecule has 0 amide bonds. The molecule has 7 heteroatoms. The van der Waals surface area contributed by atoms with Crippen LogP contribution in [0.5, 0.6) is 0 Å². The van der Waals surface area contributed by atoms with Crippen LogP contribution in [-0.4, -0.2) is 24.1 Å². The molecule has 0 bridgehead atoms. The van der Waals surface area contributed by atoms with Crippen LogP contribution in [0.2, 0.25) is 0 Å². The van der Waals surface area contributed by atoms with Gasteiger partial charge in [-0.05, 0) is 44.2 Å². The van der Waals surface area contributed by atoms with E-state index in [1.165, 1.54) is 13.0 Å². The average molecular weight is 366 g/mol. The van der Waals surface area contributed by atoms with E-state index in [1.54, 1.807) is 43.3 Å². The number of esters is 1. The van der Waals surface area contributed by atoms with E-state index < -0.39 is 17.5 Å². The molecular weight excluding hydrogens is 350 g/mol. The van der Waals surface area contributed by atoms with Gasteiger partial charge in [-0.25, -0.2) is 4.79 Å². The topological polar surface area (TPSA) is 56.5 Å². The Balaban J connectivity index is 2.22. The van der Waals surface area contributed by atoms with Crippen molar-refractivity contribution in [2.75, 3.05) is 6.61 Å². The zero-order valence-electron chi connectivity index (χ0n) is 13.6. The number of alkyl halides is 2. The third-order valence-corrected chi connectivity index (χ3v) is 3.87. The van der Waals surface area contributed by atoms with Gasteiger partial charge in [0, 0.05) is 10.5 Å². The molecule has 0 spiro atoms. The maximum atomic E-state index is 12.3. The highest BCUT2D eigenvalue weighted by atomic mass is 32.2. The number of benzene rings is 1. The van der Waals surface area contributed by atoms with Crippen molar-refractivity contribution in [3.8, 4) is 11.3 Å². The minimum atomic E-state index is -2.47. The fourth-order valence-electron chi connectivity index (χ4n) is 2.04. The minimum Gasteiger partial charge on any atom is -0.462 e. The van der Waals surface area contributed by atoms with Crippen LogP contribution >= 0.6 is 11.8 Å². The third-order valence-electron chi connectivity index (χ3n) is 3.15. The molecule has 0 atom stereocenters. The van der Waals surface area contributed by atoms with Crippen molar-refractivity contribution < 1.29 is 27.5 Å². The minimum absolute atomic E-state index is 0.105. The Kier molecular flexibility index (Phi) is 6.52. The second-order valence-corrected chi connectivity index (χ2v) is 6.00. The Labute approximate surface area is 147 Å². The first-order valence-corrected chi connectivity index (χ1v) is 8.33. The number of hydrogen-bond acceptors (Lipinski definition) is 5. The number of Topliss-reactive ketones (excluding diaryl/α,β-unsaturated/α-hetero) is 1. The lowest BCUT2D eigenvalue weighted by Gasteiger charge is -2.03. The number of halogens is 2. The van der Waals surface area contributed by atoms with E-state index in [0.29, 0.717) is 33.7 Å². The summed E-state index contributed by atoms with van der Waals surface area (Å²) >= 11 is 0.465. The highest BCUT2D eigenvalue weighted by Gasteiger charge is 2.17. The van der Waals surface area contributed by atoms with E-state index in [4.69, 9.17) is 9.15 Å². The van der Waals surface area contributed by atoms with Crippen LogP contribution in [0.1, 0.15) is 19.6 Å². The molecule has 1 aromatic carbocycles. The lowest BCUT2D eigenvalue weighted by atomic mass is 10.1. The molecule has 0 saturated heterocycles. The highest BCUT2D eigenvalue weighted by molar-refractivity contribution is 7.99. The summed E-state index contributed by atoms with van der Waals surface area (Å²) in [6.07, 6.45) is 1.32. The van der Waals surface area contributed by atoms with Crippen LogP contribution in [0.25, 0.3) is 17.4 Å². The van der Waals surface area contributed by atoms with Gasteiger partial charge in [-0.1, -0.05) is 23.9 Å². The molecule has 0 unspecified atom stereocenters. The van der Waals surface area contributed by atoms with Gasteiger partial charge in [0.1, 0.15) is 17.1 Å².